The lowest BCUT2D eigenvalue weighted by molar-refractivity contribution is -0.130. The molecular weight excluding hydrogens is 390 g/mol. The van der Waals surface area contributed by atoms with Crippen LogP contribution >= 0.6 is 0 Å². The fourth-order valence-electron chi connectivity index (χ4n) is 3.91. The zero-order chi connectivity index (χ0) is 19.2. The van der Waals surface area contributed by atoms with Gasteiger partial charge in [-0.25, -0.2) is 25.9 Å². The van der Waals surface area contributed by atoms with Gasteiger partial charge >= 0.3 is 0 Å². The van der Waals surface area contributed by atoms with E-state index in [4.69, 9.17) is 0 Å². The Bertz CT molecular complexity index is 929. The summed E-state index contributed by atoms with van der Waals surface area (Å²) in [4.78, 5) is 14.7. The Morgan fingerprint density at radius 1 is 1.15 bits per heavy atom. The van der Waals surface area contributed by atoms with Crippen LogP contribution in [-0.2, 0) is 30.6 Å². The van der Waals surface area contributed by atoms with Crippen molar-refractivity contribution in [3.63, 3.8) is 0 Å². The van der Waals surface area contributed by atoms with Crippen LogP contribution in [0.1, 0.15) is 24.8 Å². The molecule has 2 atom stereocenters. The van der Waals surface area contributed by atoms with Crippen LogP contribution in [0.5, 0.6) is 0 Å². The maximum Gasteiger partial charge on any atom is 0.253 e. The van der Waals surface area contributed by atoms with Crippen LogP contribution in [0.15, 0.2) is 30.3 Å². The van der Waals surface area contributed by atoms with Crippen molar-refractivity contribution in [2.45, 2.75) is 43.1 Å². The van der Waals surface area contributed by atoms with E-state index in [-0.39, 0.29) is 24.1 Å². The number of amides is 1. The highest BCUT2D eigenvalue weighted by molar-refractivity contribution is 7.89. The van der Waals surface area contributed by atoms with Crippen molar-refractivity contribution >= 4 is 26.0 Å². The molecule has 0 radical (unpaired) electrons. The molecule has 1 aromatic carbocycles. The number of hydrogen-bond donors (Lipinski definition) is 1. The van der Waals surface area contributed by atoms with Gasteiger partial charge in [0.05, 0.1) is 17.5 Å². The lowest BCUT2D eigenvalue weighted by atomic mass is 10.1. The third-order valence-electron chi connectivity index (χ3n) is 5.27. The molecule has 3 aliphatic rings. The van der Waals surface area contributed by atoms with Crippen molar-refractivity contribution in [3.8, 4) is 0 Å². The number of nitrogens with one attached hydrogen (secondary N) is 1. The molecule has 0 aromatic heterocycles. The summed E-state index contributed by atoms with van der Waals surface area (Å²) in [6.07, 6.45) is 1.72. The fourth-order valence-corrected chi connectivity index (χ4v) is 7.03. The number of sulfonamides is 2. The van der Waals surface area contributed by atoms with Gasteiger partial charge in [-0.05, 0) is 24.8 Å². The van der Waals surface area contributed by atoms with E-state index < -0.39 is 38.0 Å². The van der Waals surface area contributed by atoms with E-state index in [0.717, 1.165) is 4.31 Å². The lowest BCUT2D eigenvalue weighted by Crippen LogP contribution is -2.45. The van der Waals surface area contributed by atoms with Crippen molar-refractivity contribution in [1.29, 1.82) is 0 Å². The van der Waals surface area contributed by atoms with Crippen LogP contribution in [0.4, 0.5) is 0 Å². The van der Waals surface area contributed by atoms with Crippen LogP contribution in [0.25, 0.3) is 0 Å². The summed E-state index contributed by atoms with van der Waals surface area (Å²) in [6, 6.07) is 7.73. The molecule has 1 aliphatic carbocycles. The molecule has 1 saturated carbocycles. The van der Waals surface area contributed by atoms with Crippen molar-refractivity contribution in [3.05, 3.63) is 35.9 Å². The van der Waals surface area contributed by atoms with Crippen LogP contribution in [-0.4, -0.2) is 68.9 Å². The van der Waals surface area contributed by atoms with E-state index in [1.54, 1.807) is 29.2 Å². The molecule has 27 heavy (non-hydrogen) atoms. The standard InChI is InChI=1S/C17H23N3O5S2/c21-17-16-10-14(18-26(22,23)12-13-4-2-1-3-5-13)11-19(16)8-9-27(24,25)20(17)15-6-7-15/h1-5,14-16,18H,6-12H2/t14-,16-/m0/s1. The van der Waals surface area contributed by atoms with Gasteiger partial charge in [0, 0.05) is 25.2 Å². The van der Waals surface area contributed by atoms with Gasteiger partial charge in [-0.15, -0.1) is 0 Å². The average Bonchev–Trinajstić information content (AvgIpc) is 3.33. The fraction of sp³-hybridized carbons (Fsp3) is 0.588. The van der Waals surface area contributed by atoms with Crippen LogP contribution in [0.2, 0.25) is 0 Å². The van der Waals surface area contributed by atoms with Gasteiger partial charge in [0.15, 0.2) is 0 Å². The Hall–Kier alpha value is -1.49. The first-order chi connectivity index (χ1) is 12.8. The molecular formula is C17H23N3O5S2. The molecule has 2 heterocycles. The Balaban J connectivity index is 1.46. The van der Waals surface area contributed by atoms with E-state index >= 15 is 0 Å². The molecule has 8 nitrogen and oxygen atoms in total. The summed E-state index contributed by atoms with van der Waals surface area (Å²) in [5.41, 5.74) is 0.694. The normalized spacial score (nSPS) is 28.7. The van der Waals surface area contributed by atoms with E-state index in [1.807, 2.05) is 6.07 Å². The second-order valence-corrected chi connectivity index (χ2v) is 11.2. The summed E-state index contributed by atoms with van der Waals surface area (Å²) in [5.74, 6) is -0.624. The number of rotatable bonds is 5. The average molecular weight is 414 g/mol. The third-order valence-corrected chi connectivity index (χ3v) is 8.45. The van der Waals surface area contributed by atoms with E-state index in [0.29, 0.717) is 31.4 Å². The minimum Gasteiger partial charge on any atom is -0.289 e. The largest absolute Gasteiger partial charge is 0.289 e. The number of hydrogen-bond acceptors (Lipinski definition) is 6. The summed E-state index contributed by atoms with van der Waals surface area (Å²) in [5, 5.41) is 0. The number of benzene rings is 1. The lowest BCUT2D eigenvalue weighted by Gasteiger charge is -2.23. The highest BCUT2D eigenvalue weighted by atomic mass is 32.2. The molecule has 3 fully saturated rings. The number of carbonyl (C=O) groups is 1. The smallest absolute Gasteiger partial charge is 0.253 e. The second-order valence-electron chi connectivity index (χ2n) is 7.49. The minimum absolute atomic E-state index is 0.102. The maximum absolute atomic E-state index is 12.9. The Labute approximate surface area is 159 Å². The van der Waals surface area contributed by atoms with Crippen LogP contribution < -0.4 is 4.72 Å². The summed E-state index contributed by atoms with van der Waals surface area (Å²) in [6.45, 7) is 0.595. The van der Waals surface area contributed by atoms with Gasteiger partial charge < -0.3 is 0 Å². The molecule has 0 unspecified atom stereocenters. The van der Waals surface area contributed by atoms with Crippen LogP contribution in [0.3, 0.4) is 0 Å². The SMILES string of the molecule is O=C1[C@@H]2C[C@H](NS(=O)(=O)Cc3ccccc3)CN2CCS(=O)(=O)N1C1CC1. The first-order valence-corrected chi connectivity index (χ1v) is 12.4. The van der Waals surface area contributed by atoms with Crippen molar-refractivity contribution in [2.75, 3.05) is 18.8 Å². The van der Waals surface area contributed by atoms with Gasteiger partial charge in [-0.3, -0.25) is 9.69 Å². The van der Waals surface area contributed by atoms with E-state index in [9.17, 15) is 21.6 Å². The van der Waals surface area contributed by atoms with Crippen LogP contribution in [0, 0.1) is 0 Å². The highest BCUT2D eigenvalue weighted by Crippen LogP contribution is 2.34. The monoisotopic (exact) mass is 413 g/mol. The Morgan fingerprint density at radius 3 is 2.52 bits per heavy atom. The third kappa shape index (κ3) is 4.03. The van der Waals surface area contributed by atoms with Gasteiger partial charge in [0.25, 0.3) is 5.91 Å². The van der Waals surface area contributed by atoms with Gasteiger partial charge in [-0.2, -0.15) is 0 Å². The van der Waals surface area contributed by atoms with Gasteiger partial charge in [0.1, 0.15) is 0 Å². The Morgan fingerprint density at radius 2 is 1.85 bits per heavy atom. The predicted molar refractivity (Wildman–Crippen MR) is 99.6 cm³/mol. The second kappa shape index (κ2) is 6.84. The molecule has 1 amide bonds. The predicted octanol–water partition coefficient (Wildman–Crippen LogP) is -0.117. The molecule has 148 valence electrons. The minimum atomic E-state index is -3.58. The summed E-state index contributed by atoms with van der Waals surface area (Å²) < 4.78 is 53.5. The van der Waals surface area contributed by atoms with Crippen molar-refractivity contribution < 1.29 is 21.6 Å². The first kappa shape index (κ1) is 18.9. The molecule has 4 rings (SSSR count). The molecule has 2 aliphatic heterocycles. The van der Waals surface area contributed by atoms with Gasteiger partial charge in [-0.1, -0.05) is 30.3 Å². The molecule has 1 N–H and O–H groups in total. The van der Waals surface area contributed by atoms with E-state index in [1.165, 1.54) is 0 Å². The molecule has 1 aromatic rings. The summed E-state index contributed by atoms with van der Waals surface area (Å²) in [7, 11) is -7.13. The summed E-state index contributed by atoms with van der Waals surface area (Å²) >= 11 is 0. The Kier molecular flexibility index (Phi) is 4.77. The number of carbonyl (C=O) groups excluding carboxylic acids is 1. The zero-order valence-corrected chi connectivity index (χ0v) is 16.5. The van der Waals surface area contributed by atoms with E-state index in [2.05, 4.69) is 4.72 Å². The molecule has 0 spiro atoms. The number of fused-ring (bicyclic) bond motifs is 1. The molecule has 2 saturated heterocycles. The molecule has 10 heteroatoms. The van der Waals surface area contributed by atoms with Crippen molar-refractivity contribution in [2.24, 2.45) is 0 Å². The quantitative estimate of drug-likeness (QED) is 0.722. The maximum atomic E-state index is 12.9. The number of nitrogens with zero attached hydrogens (tertiary/aromatic N) is 2. The topological polar surface area (TPSA) is 104 Å². The first-order valence-electron chi connectivity index (χ1n) is 9.09. The highest BCUT2D eigenvalue weighted by Gasteiger charge is 2.50. The van der Waals surface area contributed by atoms with Gasteiger partial charge in [0.2, 0.25) is 20.0 Å². The molecule has 0 bridgehead atoms. The zero-order valence-electron chi connectivity index (χ0n) is 14.8. The van der Waals surface area contributed by atoms with Crippen molar-refractivity contribution in [1.82, 2.24) is 13.9 Å².